The maximum Gasteiger partial charge on any atom is 0.181 e. The van der Waals surface area contributed by atoms with Crippen molar-refractivity contribution in [3.05, 3.63) is 103 Å². The summed E-state index contributed by atoms with van der Waals surface area (Å²) in [6.07, 6.45) is 35.5. The van der Waals surface area contributed by atoms with Crippen LogP contribution < -0.4 is 15.9 Å². The molecule has 3 aromatic carbocycles. The maximum absolute atomic E-state index is 6.29. The summed E-state index contributed by atoms with van der Waals surface area (Å²) in [7, 11) is 0. The van der Waals surface area contributed by atoms with Crippen molar-refractivity contribution in [2.24, 2.45) is 0 Å². The number of aryl methyl sites for hydroxylation is 1. The monoisotopic (exact) mass is 805 g/mol. The van der Waals surface area contributed by atoms with Crippen LogP contribution in [0.4, 0.5) is 0 Å². The van der Waals surface area contributed by atoms with E-state index in [-0.39, 0.29) is 6.29 Å². The third kappa shape index (κ3) is 19.6. The molecular weight excluding hydrogens is 731 g/mol. The molecule has 3 rings (SSSR count). The molecule has 0 heterocycles. The fourth-order valence-corrected chi connectivity index (χ4v) is 11.9. The molecular formula is C49H75BrO2P+. The molecule has 0 N–H and O–H groups in total. The molecule has 0 bridgehead atoms. The molecule has 4 heteroatoms. The van der Waals surface area contributed by atoms with Crippen LogP contribution in [0.25, 0.3) is 0 Å². The van der Waals surface area contributed by atoms with Crippen molar-refractivity contribution in [1.82, 2.24) is 0 Å². The number of hydrogen-bond acceptors (Lipinski definition) is 2. The van der Waals surface area contributed by atoms with Gasteiger partial charge in [-0.05, 0) is 99.7 Å². The molecule has 294 valence electrons. The first-order valence-electron chi connectivity index (χ1n) is 21.9. The first-order chi connectivity index (χ1) is 26.2. The van der Waals surface area contributed by atoms with Gasteiger partial charge in [-0.2, -0.15) is 0 Å². The third-order valence-electron chi connectivity index (χ3n) is 10.4. The van der Waals surface area contributed by atoms with Crippen LogP contribution >= 0.6 is 21.5 Å². The van der Waals surface area contributed by atoms with Crippen molar-refractivity contribution in [2.45, 2.75) is 174 Å². The van der Waals surface area contributed by atoms with Crippen molar-refractivity contribution in [2.75, 3.05) is 13.2 Å². The van der Waals surface area contributed by atoms with E-state index < -0.39 is 5.96 Å². The van der Waals surface area contributed by atoms with Crippen LogP contribution in [0.1, 0.15) is 167 Å². The molecule has 0 spiro atoms. The molecule has 0 atom stereocenters. The summed E-state index contributed by atoms with van der Waals surface area (Å²) in [5, 5.41) is 4.08. The third-order valence-corrected chi connectivity index (χ3v) is 17.1. The highest BCUT2D eigenvalue weighted by molar-refractivity contribution is 9.44. The van der Waals surface area contributed by atoms with Crippen molar-refractivity contribution in [3.63, 3.8) is 0 Å². The predicted octanol–water partition coefficient (Wildman–Crippen LogP) is 14.8. The second-order valence-electron chi connectivity index (χ2n) is 15.0. The van der Waals surface area contributed by atoms with Crippen LogP contribution in [-0.4, -0.2) is 19.5 Å². The van der Waals surface area contributed by atoms with Gasteiger partial charge in [0.05, 0.1) is 0 Å². The molecule has 0 saturated heterocycles. The maximum atomic E-state index is 6.29. The minimum atomic E-state index is -1.84. The smallest absolute Gasteiger partial charge is 0.181 e. The first-order valence-corrected chi connectivity index (χ1v) is 25.7. The standard InChI is InChI=1S/C49H75BrO2P/c1-3-5-7-9-11-17-21-31-43-51-49(52-44-32-22-18-12-10-8-6-4-2)38-30-20-16-14-13-15-19-25-33-45-39-41-48(42-40-45)53(50,46-34-26-23-27-35-46)47-36-28-24-29-37-47/h13,15,23-24,26-29,34-37,39-42,49H,3-12,14,16-22,25,30-33,38,43-44H2,1-2H3/q+1/b15-13+. The van der Waals surface area contributed by atoms with Gasteiger partial charge in [-0.3, -0.25) is 0 Å². The van der Waals surface area contributed by atoms with E-state index in [1.807, 2.05) is 0 Å². The number of halogens is 1. The lowest BCUT2D eigenvalue weighted by Gasteiger charge is -2.20. The molecule has 0 fully saturated rings. The van der Waals surface area contributed by atoms with E-state index >= 15 is 0 Å². The van der Waals surface area contributed by atoms with Crippen molar-refractivity contribution >= 4 is 37.4 Å². The molecule has 0 aliphatic carbocycles. The van der Waals surface area contributed by atoms with Crippen LogP contribution in [0.15, 0.2) is 97.1 Å². The zero-order valence-electron chi connectivity index (χ0n) is 33.8. The molecule has 0 radical (unpaired) electrons. The Morgan fingerprint density at radius 1 is 0.472 bits per heavy atom. The van der Waals surface area contributed by atoms with Crippen LogP contribution in [0.3, 0.4) is 0 Å². The van der Waals surface area contributed by atoms with Gasteiger partial charge in [-0.15, -0.1) is 0 Å². The van der Waals surface area contributed by atoms with E-state index in [1.165, 1.54) is 156 Å². The molecule has 2 nitrogen and oxygen atoms in total. The summed E-state index contributed by atoms with van der Waals surface area (Å²) < 4.78 is 12.6. The highest BCUT2D eigenvalue weighted by atomic mass is 79.9. The zero-order valence-corrected chi connectivity index (χ0v) is 36.3. The molecule has 3 aromatic rings. The van der Waals surface area contributed by atoms with E-state index in [0.29, 0.717) is 0 Å². The second kappa shape index (κ2) is 30.4. The van der Waals surface area contributed by atoms with Crippen LogP contribution in [0.5, 0.6) is 0 Å². The number of allylic oxidation sites excluding steroid dienone is 2. The normalized spacial score (nSPS) is 12.0. The highest BCUT2D eigenvalue weighted by Crippen LogP contribution is 2.62. The number of rotatable bonds is 33. The van der Waals surface area contributed by atoms with Crippen LogP contribution in [-0.2, 0) is 15.9 Å². The van der Waals surface area contributed by atoms with Gasteiger partial charge in [0.2, 0.25) is 0 Å². The van der Waals surface area contributed by atoms with E-state index in [2.05, 4.69) is 126 Å². The van der Waals surface area contributed by atoms with E-state index in [4.69, 9.17) is 9.47 Å². The Bertz CT molecular complexity index is 1220. The Hall–Kier alpha value is -1.77. The summed E-state index contributed by atoms with van der Waals surface area (Å²) in [6, 6.07) is 31.2. The lowest BCUT2D eigenvalue weighted by molar-refractivity contribution is -0.148. The fraction of sp³-hybridized carbons (Fsp3) is 0.592. The quantitative estimate of drug-likeness (QED) is 0.0264. The lowest BCUT2D eigenvalue weighted by atomic mass is 10.1. The lowest BCUT2D eigenvalue weighted by Crippen LogP contribution is -2.26. The molecule has 0 unspecified atom stereocenters. The summed E-state index contributed by atoms with van der Waals surface area (Å²) in [4.78, 5) is 0. The van der Waals surface area contributed by atoms with Crippen molar-refractivity contribution < 1.29 is 9.47 Å². The van der Waals surface area contributed by atoms with E-state index in [9.17, 15) is 0 Å². The first kappa shape index (κ1) is 45.6. The van der Waals surface area contributed by atoms with Crippen molar-refractivity contribution in [1.29, 1.82) is 0 Å². The summed E-state index contributed by atoms with van der Waals surface area (Å²) in [5.41, 5.74) is 1.42. The van der Waals surface area contributed by atoms with Gasteiger partial charge in [0, 0.05) is 13.2 Å². The second-order valence-corrected chi connectivity index (χ2v) is 21.0. The van der Waals surface area contributed by atoms with Gasteiger partial charge in [-0.1, -0.05) is 171 Å². The van der Waals surface area contributed by atoms with Crippen LogP contribution in [0, 0.1) is 0 Å². The average molecular weight is 807 g/mol. The highest BCUT2D eigenvalue weighted by Gasteiger charge is 2.43. The number of ether oxygens (including phenoxy) is 2. The predicted molar refractivity (Wildman–Crippen MR) is 240 cm³/mol. The van der Waals surface area contributed by atoms with Gasteiger partial charge < -0.3 is 9.47 Å². The topological polar surface area (TPSA) is 18.5 Å². The Kier molecular flexibility index (Phi) is 26.2. The minimum absolute atomic E-state index is 0.0155. The van der Waals surface area contributed by atoms with Gasteiger partial charge >= 0.3 is 0 Å². The molecule has 0 aromatic heterocycles. The number of unbranched alkanes of at least 4 members (excludes halogenated alkanes) is 18. The van der Waals surface area contributed by atoms with Gasteiger partial charge in [-0.25, -0.2) is 0 Å². The van der Waals surface area contributed by atoms with Gasteiger partial charge in [0.15, 0.2) is 27.7 Å². The Morgan fingerprint density at radius 3 is 1.38 bits per heavy atom. The molecule has 0 aliphatic rings. The Labute approximate surface area is 335 Å². The summed E-state index contributed by atoms with van der Waals surface area (Å²) >= 11 is 4.28. The molecule has 53 heavy (non-hydrogen) atoms. The van der Waals surface area contributed by atoms with Gasteiger partial charge in [0.1, 0.15) is 15.9 Å². The average Bonchev–Trinajstić information content (AvgIpc) is 3.20. The number of benzene rings is 3. The SMILES string of the molecule is CCCCCCCCCCOC(CCCCC/C=C/CCCc1ccc([P+](Br)(c2ccccc2)c2ccccc2)cc1)OCCCCCCCCCC. The summed E-state index contributed by atoms with van der Waals surface area (Å²) in [6.45, 7) is 6.28. The Balaban J connectivity index is 1.30. The molecule has 0 saturated carbocycles. The Morgan fingerprint density at radius 2 is 0.887 bits per heavy atom. The fourth-order valence-electron chi connectivity index (χ4n) is 7.11. The molecule has 0 amide bonds. The van der Waals surface area contributed by atoms with Crippen LogP contribution in [0.2, 0.25) is 0 Å². The summed E-state index contributed by atoms with van der Waals surface area (Å²) in [5.74, 6) is -1.84. The van der Waals surface area contributed by atoms with Gasteiger partial charge in [0.25, 0.3) is 0 Å². The molecule has 0 aliphatic heterocycles. The minimum Gasteiger partial charge on any atom is -0.353 e. The van der Waals surface area contributed by atoms with Crippen molar-refractivity contribution in [3.8, 4) is 0 Å². The van der Waals surface area contributed by atoms with E-state index in [1.54, 1.807) is 0 Å². The largest absolute Gasteiger partial charge is 0.353 e. The zero-order chi connectivity index (χ0) is 37.5. The number of hydrogen-bond donors (Lipinski definition) is 0. The van der Waals surface area contributed by atoms with E-state index in [0.717, 1.165) is 32.5 Å².